The van der Waals surface area contributed by atoms with Crippen LogP contribution in [0.3, 0.4) is 0 Å². The van der Waals surface area contributed by atoms with E-state index in [1.807, 2.05) is 0 Å². The molecule has 10 aromatic rings. The molecular formula is C46H30N2O. The molecule has 0 amide bonds. The van der Waals surface area contributed by atoms with E-state index >= 15 is 0 Å². The van der Waals surface area contributed by atoms with Gasteiger partial charge in [-0.3, -0.25) is 0 Å². The zero-order valence-electron chi connectivity index (χ0n) is 26.6. The quantitative estimate of drug-likeness (QED) is 0.190. The van der Waals surface area contributed by atoms with Gasteiger partial charge in [-0.15, -0.1) is 0 Å². The van der Waals surface area contributed by atoms with Crippen LogP contribution in [0.1, 0.15) is 0 Å². The van der Waals surface area contributed by atoms with Gasteiger partial charge in [0.25, 0.3) is 0 Å². The highest BCUT2D eigenvalue weighted by Gasteiger charge is 2.22. The predicted octanol–water partition coefficient (Wildman–Crippen LogP) is 13.0. The Morgan fingerprint density at radius 1 is 0.408 bits per heavy atom. The number of hydrogen-bond donors (Lipinski definition) is 0. The molecule has 0 bridgehead atoms. The second-order valence-corrected chi connectivity index (χ2v) is 12.5. The van der Waals surface area contributed by atoms with Crippen LogP contribution in [0.2, 0.25) is 0 Å². The second-order valence-electron chi connectivity index (χ2n) is 12.5. The van der Waals surface area contributed by atoms with Gasteiger partial charge in [-0.1, -0.05) is 127 Å². The third kappa shape index (κ3) is 4.29. The number of nitrogens with zero attached hydrogens (tertiary/aromatic N) is 2. The van der Waals surface area contributed by atoms with Crippen LogP contribution in [-0.4, -0.2) is 4.57 Å². The van der Waals surface area contributed by atoms with Crippen molar-refractivity contribution < 1.29 is 4.42 Å². The Morgan fingerprint density at radius 2 is 1.06 bits per heavy atom. The Kier molecular flexibility index (Phi) is 6.18. The van der Waals surface area contributed by atoms with Gasteiger partial charge >= 0.3 is 0 Å². The van der Waals surface area contributed by atoms with E-state index in [0.717, 1.165) is 55.7 Å². The molecule has 10 rings (SSSR count). The summed E-state index contributed by atoms with van der Waals surface area (Å²) < 4.78 is 9.26. The minimum Gasteiger partial charge on any atom is -0.454 e. The van der Waals surface area contributed by atoms with E-state index in [4.69, 9.17) is 4.42 Å². The van der Waals surface area contributed by atoms with Gasteiger partial charge in [-0.2, -0.15) is 0 Å². The van der Waals surface area contributed by atoms with Gasteiger partial charge in [0.15, 0.2) is 5.58 Å². The van der Waals surface area contributed by atoms with Gasteiger partial charge in [-0.25, -0.2) is 0 Å². The summed E-state index contributed by atoms with van der Waals surface area (Å²) in [7, 11) is 0. The molecule has 2 heterocycles. The van der Waals surface area contributed by atoms with Crippen molar-refractivity contribution in [3.05, 3.63) is 182 Å². The first-order valence-electron chi connectivity index (χ1n) is 16.7. The molecule has 8 aromatic carbocycles. The molecular weight excluding hydrogens is 597 g/mol. The van der Waals surface area contributed by atoms with Crippen LogP contribution in [0.15, 0.2) is 186 Å². The first-order chi connectivity index (χ1) is 24.3. The maximum Gasteiger partial charge on any atom is 0.159 e. The smallest absolute Gasteiger partial charge is 0.159 e. The van der Waals surface area contributed by atoms with E-state index in [0.29, 0.717) is 0 Å². The normalized spacial score (nSPS) is 11.7. The summed E-state index contributed by atoms with van der Waals surface area (Å²) >= 11 is 0. The second kappa shape index (κ2) is 11.0. The maximum atomic E-state index is 6.88. The predicted molar refractivity (Wildman–Crippen MR) is 206 cm³/mol. The topological polar surface area (TPSA) is 21.3 Å². The highest BCUT2D eigenvalue weighted by Crippen LogP contribution is 2.45. The fraction of sp³-hybridized carbons (Fsp3) is 0. The van der Waals surface area contributed by atoms with Crippen molar-refractivity contribution in [2.75, 3.05) is 4.90 Å². The molecule has 0 aliphatic heterocycles. The van der Waals surface area contributed by atoms with Crippen molar-refractivity contribution in [1.82, 2.24) is 4.57 Å². The summed E-state index contributed by atoms with van der Waals surface area (Å²) in [6.45, 7) is 0. The third-order valence-corrected chi connectivity index (χ3v) is 9.77. The minimum atomic E-state index is 0.855. The first-order valence-corrected chi connectivity index (χ1v) is 16.7. The molecule has 0 N–H and O–H groups in total. The van der Waals surface area contributed by atoms with Gasteiger partial charge in [-0.05, 0) is 76.5 Å². The Morgan fingerprint density at radius 3 is 1.90 bits per heavy atom. The summed E-state index contributed by atoms with van der Waals surface area (Å²) in [5.41, 5.74) is 10.7. The molecule has 0 atom stereocenters. The number of aromatic nitrogens is 1. The van der Waals surface area contributed by atoms with Gasteiger partial charge in [0.05, 0.1) is 27.8 Å². The first kappa shape index (κ1) is 27.5. The highest BCUT2D eigenvalue weighted by atomic mass is 16.3. The fourth-order valence-corrected chi connectivity index (χ4v) is 7.61. The average molecular weight is 627 g/mol. The monoisotopic (exact) mass is 626 g/mol. The van der Waals surface area contributed by atoms with Crippen LogP contribution in [0, 0.1) is 0 Å². The van der Waals surface area contributed by atoms with E-state index in [1.165, 1.54) is 32.7 Å². The van der Waals surface area contributed by atoms with E-state index < -0.39 is 0 Å². The standard InChI is InChI=1S/C46H30N2O/c1-3-13-31(14-4-1)32-25-28-35(29-26-32)47(34-16-5-2-6-17-34)40-22-12-24-43-45(40)38-20-11-23-42(46(38)49-43)48-39-21-10-9-19-37(39)44-36-18-8-7-15-33(36)27-30-41(44)48/h1-30H. The summed E-state index contributed by atoms with van der Waals surface area (Å²) in [5, 5.41) is 7.15. The number of fused-ring (bicyclic) bond motifs is 8. The molecule has 49 heavy (non-hydrogen) atoms. The summed E-state index contributed by atoms with van der Waals surface area (Å²) in [4.78, 5) is 2.34. The van der Waals surface area contributed by atoms with Gasteiger partial charge in [0.2, 0.25) is 0 Å². The lowest BCUT2D eigenvalue weighted by Gasteiger charge is -2.26. The molecule has 0 saturated heterocycles. The third-order valence-electron chi connectivity index (χ3n) is 9.77. The highest BCUT2D eigenvalue weighted by molar-refractivity contribution is 6.22. The average Bonchev–Trinajstić information content (AvgIpc) is 3.73. The van der Waals surface area contributed by atoms with E-state index in [9.17, 15) is 0 Å². The maximum absolute atomic E-state index is 6.88. The molecule has 0 aliphatic rings. The molecule has 3 heteroatoms. The van der Waals surface area contributed by atoms with Crippen LogP contribution in [0.25, 0.3) is 71.3 Å². The molecule has 0 fully saturated rings. The van der Waals surface area contributed by atoms with E-state index in [1.54, 1.807) is 0 Å². The molecule has 230 valence electrons. The Bertz CT molecular complexity index is 2810. The van der Waals surface area contributed by atoms with Crippen molar-refractivity contribution in [2.24, 2.45) is 0 Å². The lowest BCUT2D eigenvalue weighted by Crippen LogP contribution is -2.10. The van der Waals surface area contributed by atoms with Crippen molar-refractivity contribution in [3.63, 3.8) is 0 Å². The number of hydrogen-bond acceptors (Lipinski definition) is 2. The minimum absolute atomic E-state index is 0.855. The summed E-state index contributed by atoms with van der Waals surface area (Å²) in [5.74, 6) is 0. The molecule has 0 unspecified atom stereocenters. The van der Waals surface area contributed by atoms with Crippen LogP contribution >= 0.6 is 0 Å². The zero-order valence-corrected chi connectivity index (χ0v) is 26.6. The Hall–Kier alpha value is -6.58. The van der Waals surface area contributed by atoms with Crippen molar-refractivity contribution in [3.8, 4) is 16.8 Å². The SMILES string of the molecule is c1ccc(-c2ccc(N(c3ccccc3)c3cccc4oc5c(-n6c7ccccc7c7c8ccccc8ccc76)cccc5c34)cc2)cc1. The van der Waals surface area contributed by atoms with Gasteiger partial charge in [0, 0.05) is 27.5 Å². The molecule has 2 aromatic heterocycles. The fourth-order valence-electron chi connectivity index (χ4n) is 7.61. The van der Waals surface area contributed by atoms with E-state index in [2.05, 4.69) is 191 Å². The molecule has 0 saturated carbocycles. The molecule has 0 radical (unpaired) electrons. The van der Waals surface area contributed by atoms with Crippen LogP contribution in [0.5, 0.6) is 0 Å². The summed E-state index contributed by atoms with van der Waals surface area (Å²) in [6.07, 6.45) is 0. The number of para-hydroxylation sites is 3. The van der Waals surface area contributed by atoms with Crippen molar-refractivity contribution in [2.45, 2.75) is 0 Å². The number of furan rings is 1. The Labute approximate surface area is 283 Å². The molecule has 3 nitrogen and oxygen atoms in total. The van der Waals surface area contributed by atoms with Gasteiger partial charge in [0.1, 0.15) is 5.58 Å². The number of benzene rings is 8. The zero-order chi connectivity index (χ0) is 32.3. The molecule has 0 spiro atoms. The van der Waals surface area contributed by atoms with Crippen LogP contribution in [-0.2, 0) is 0 Å². The number of rotatable bonds is 5. The van der Waals surface area contributed by atoms with Crippen LogP contribution < -0.4 is 4.90 Å². The van der Waals surface area contributed by atoms with Crippen LogP contribution in [0.4, 0.5) is 17.1 Å². The van der Waals surface area contributed by atoms with Crippen molar-refractivity contribution >= 4 is 71.6 Å². The van der Waals surface area contributed by atoms with Gasteiger partial charge < -0.3 is 13.9 Å². The van der Waals surface area contributed by atoms with Crippen molar-refractivity contribution in [1.29, 1.82) is 0 Å². The largest absolute Gasteiger partial charge is 0.454 e. The lowest BCUT2D eigenvalue weighted by molar-refractivity contribution is 0.666. The number of anilines is 3. The lowest BCUT2D eigenvalue weighted by atomic mass is 10.0. The Balaban J connectivity index is 1.22. The molecule has 0 aliphatic carbocycles. The summed E-state index contributed by atoms with van der Waals surface area (Å²) in [6, 6.07) is 64.7. The van der Waals surface area contributed by atoms with E-state index in [-0.39, 0.29) is 0 Å².